The zero-order valence-electron chi connectivity index (χ0n) is 12.4. The van der Waals surface area contributed by atoms with Gasteiger partial charge < -0.3 is 15.1 Å². The minimum absolute atomic E-state index is 0.0197. The van der Waals surface area contributed by atoms with Crippen LogP contribution in [0.2, 0.25) is 0 Å². The summed E-state index contributed by atoms with van der Waals surface area (Å²) in [4.78, 5) is 5.26. The molecule has 0 atom stereocenters. The van der Waals surface area contributed by atoms with E-state index < -0.39 is 11.9 Å². The molecule has 124 valence electrons. The number of aromatic nitrogens is 1. The molecule has 0 fully saturated rings. The van der Waals surface area contributed by atoms with E-state index in [1.807, 2.05) is 13.8 Å². The number of hydrogen-bond donors (Lipinski definition) is 1. The summed E-state index contributed by atoms with van der Waals surface area (Å²) in [6.07, 6.45) is -3.96. The van der Waals surface area contributed by atoms with Crippen LogP contribution < -0.4 is 5.73 Å². The maximum Gasteiger partial charge on any atom is 0.437 e. The van der Waals surface area contributed by atoms with Crippen molar-refractivity contribution in [2.24, 2.45) is 5.16 Å². The molecular formula is C14H14F3N3O2S. The van der Waals surface area contributed by atoms with E-state index >= 15 is 0 Å². The molecule has 1 aliphatic rings. The fraction of sp³-hybridized carbons (Fsp3) is 0.429. The lowest BCUT2D eigenvalue weighted by Crippen LogP contribution is -2.18. The summed E-state index contributed by atoms with van der Waals surface area (Å²) in [6, 6.07) is 3.08. The summed E-state index contributed by atoms with van der Waals surface area (Å²) >= 11 is 1.39. The van der Waals surface area contributed by atoms with Gasteiger partial charge in [-0.3, -0.25) is 0 Å². The lowest BCUT2D eigenvalue weighted by Gasteiger charge is -2.13. The molecule has 0 bridgehead atoms. The number of fused-ring (bicyclic) bond motifs is 1. The largest absolute Gasteiger partial charge is 0.437 e. The lowest BCUT2D eigenvalue weighted by atomic mass is 10.1. The number of nitrogens with two attached hydrogens (primary N) is 1. The molecule has 23 heavy (non-hydrogen) atoms. The van der Waals surface area contributed by atoms with E-state index in [2.05, 4.69) is 10.3 Å². The maximum atomic E-state index is 13.0. The van der Waals surface area contributed by atoms with Gasteiger partial charge in [-0.05, 0) is 25.5 Å². The van der Waals surface area contributed by atoms with Gasteiger partial charge in [0.2, 0.25) is 0 Å². The maximum absolute atomic E-state index is 13.0. The second-order valence-electron chi connectivity index (χ2n) is 5.84. The number of benzene rings is 1. The van der Waals surface area contributed by atoms with Gasteiger partial charge in [0.1, 0.15) is 10.6 Å². The van der Waals surface area contributed by atoms with Crippen LogP contribution in [0.1, 0.15) is 31.5 Å². The summed E-state index contributed by atoms with van der Waals surface area (Å²) in [5, 5.41) is 7.66. The van der Waals surface area contributed by atoms with Gasteiger partial charge in [-0.25, -0.2) is 0 Å². The molecule has 5 nitrogen and oxygen atoms in total. The highest BCUT2D eigenvalue weighted by atomic mass is 32.2. The average Bonchev–Trinajstić information content (AvgIpc) is 3.01. The molecule has 0 amide bonds. The van der Waals surface area contributed by atoms with Crippen molar-refractivity contribution < 1.29 is 22.5 Å². The number of nitrogen functional groups attached to an aromatic ring is 1. The summed E-state index contributed by atoms with van der Waals surface area (Å²) < 4.78 is 43.6. The first-order valence-electron chi connectivity index (χ1n) is 6.79. The minimum atomic E-state index is -4.61. The Kier molecular flexibility index (Phi) is 3.70. The van der Waals surface area contributed by atoms with Gasteiger partial charge in [0.15, 0.2) is 11.3 Å². The smallest absolute Gasteiger partial charge is 0.398 e. The number of alkyl halides is 3. The Bertz CT molecular complexity index is 783. The number of nitrogens with zero attached hydrogens (tertiary/aromatic N) is 2. The Morgan fingerprint density at radius 2 is 2.09 bits per heavy atom. The first-order valence-corrected chi connectivity index (χ1v) is 7.78. The highest BCUT2D eigenvalue weighted by molar-refractivity contribution is 8.13. The van der Waals surface area contributed by atoms with Crippen LogP contribution in [0, 0.1) is 0 Å². The van der Waals surface area contributed by atoms with Crippen LogP contribution in [0.15, 0.2) is 21.8 Å². The van der Waals surface area contributed by atoms with Crippen LogP contribution in [0.5, 0.6) is 0 Å². The predicted octanol–water partition coefficient (Wildman–Crippen LogP) is 4.17. The van der Waals surface area contributed by atoms with Crippen LogP contribution >= 0.6 is 11.8 Å². The fourth-order valence-corrected chi connectivity index (χ4v) is 3.38. The van der Waals surface area contributed by atoms with Gasteiger partial charge in [-0.1, -0.05) is 16.4 Å². The summed E-state index contributed by atoms with van der Waals surface area (Å²) in [5.74, 6) is 0.391. The Balaban J connectivity index is 1.86. The molecule has 9 heteroatoms. The van der Waals surface area contributed by atoms with E-state index in [9.17, 15) is 13.2 Å². The van der Waals surface area contributed by atoms with Crippen molar-refractivity contribution in [2.75, 3.05) is 5.73 Å². The topological polar surface area (TPSA) is 73.6 Å². The highest BCUT2D eigenvalue weighted by Crippen LogP contribution is 2.39. The molecule has 0 unspecified atom stereocenters. The Morgan fingerprint density at radius 1 is 1.35 bits per heavy atom. The van der Waals surface area contributed by atoms with E-state index in [1.165, 1.54) is 17.8 Å². The zero-order chi connectivity index (χ0) is 16.8. The average molecular weight is 345 g/mol. The number of oxime groups is 1. The van der Waals surface area contributed by atoms with Crippen LogP contribution in [0.4, 0.5) is 18.9 Å². The molecule has 1 aromatic carbocycles. The van der Waals surface area contributed by atoms with Crippen molar-refractivity contribution in [1.82, 2.24) is 5.16 Å². The van der Waals surface area contributed by atoms with Gasteiger partial charge in [0.05, 0.1) is 5.39 Å². The van der Waals surface area contributed by atoms with Crippen molar-refractivity contribution in [3.05, 3.63) is 23.4 Å². The van der Waals surface area contributed by atoms with Gasteiger partial charge >= 0.3 is 6.18 Å². The zero-order valence-corrected chi connectivity index (χ0v) is 13.2. The number of anilines is 1. The third-order valence-electron chi connectivity index (χ3n) is 3.40. The van der Waals surface area contributed by atoms with Gasteiger partial charge in [-0.2, -0.15) is 13.2 Å². The molecule has 1 aromatic heterocycles. The molecule has 0 saturated heterocycles. The molecule has 0 radical (unpaired) electrons. The van der Waals surface area contributed by atoms with Crippen LogP contribution in [0.25, 0.3) is 11.0 Å². The highest BCUT2D eigenvalue weighted by Gasteiger charge is 2.38. The second-order valence-corrected chi connectivity index (χ2v) is 6.89. The van der Waals surface area contributed by atoms with E-state index in [0.29, 0.717) is 17.7 Å². The van der Waals surface area contributed by atoms with Crippen molar-refractivity contribution in [3.63, 3.8) is 0 Å². The standard InChI is InChI=1S/C14H14F3N3O2S/c1-13(2)5-9(19-22-13)23-6-7-3-4-8-10(11(7)18)12(20-21-8)14(15,16)17/h3-4H,5-6,18H2,1-2H3. The molecule has 0 aliphatic carbocycles. The Labute approximate surface area is 134 Å². The number of hydrogen-bond acceptors (Lipinski definition) is 6. The van der Waals surface area contributed by atoms with E-state index in [0.717, 1.165) is 5.04 Å². The quantitative estimate of drug-likeness (QED) is 0.827. The number of halogens is 3. The SMILES string of the molecule is CC1(C)CC(SCc2ccc3onc(C(F)(F)F)c3c2N)=NO1. The second kappa shape index (κ2) is 5.33. The molecule has 2 aromatic rings. The molecular weight excluding hydrogens is 331 g/mol. The third kappa shape index (κ3) is 3.10. The van der Waals surface area contributed by atoms with Crippen LogP contribution in [-0.4, -0.2) is 15.8 Å². The summed E-state index contributed by atoms with van der Waals surface area (Å²) in [5.41, 5.74) is 5.09. The Morgan fingerprint density at radius 3 is 2.70 bits per heavy atom. The molecule has 0 saturated carbocycles. The normalized spacial score (nSPS) is 17.3. The fourth-order valence-electron chi connectivity index (χ4n) is 2.26. The minimum Gasteiger partial charge on any atom is -0.398 e. The van der Waals surface area contributed by atoms with Gasteiger partial charge in [0, 0.05) is 17.9 Å². The predicted molar refractivity (Wildman–Crippen MR) is 81.9 cm³/mol. The van der Waals surface area contributed by atoms with Gasteiger partial charge in [-0.15, -0.1) is 11.8 Å². The summed E-state index contributed by atoms with van der Waals surface area (Å²) in [7, 11) is 0. The molecule has 2 heterocycles. The van der Waals surface area contributed by atoms with Crippen molar-refractivity contribution in [3.8, 4) is 0 Å². The molecule has 0 spiro atoms. The molecule has 1 aliphatic heterocycles. The van der Waals surface area contributed by atoms with Crippen molar-refractivity contribution in [1.29, 1.82) is 0 Å². The monoisotopic (exact) mass is 345 g/mol. The number of rotatable bonds is 2. The van der Waals surface area contributed by atoms with E-state index in [4.69, 9.17) is 15.1 Å². The Hall–Kier alpha value is -1.90. The van der Waals surface area contributed by atoms with Gasteiger partial charge in [0.25, 0.3) is 0 Å². The molecule has 2 N–H and O–H groups in total. The van der Waals surface area contributed by atoms with E-state index in [-0.39, 0.29) is 22.3 Å². The van der Waals surface area contributed by atoms with Crippen LogP contribution in [0.3, 0.4) is 0 Å². The van der Waals surface area contributed by atoms with Crippen LogP contribution in [-0.2, 0) is 16.8 Å². The van der Waals surface area contributed by atoms with Crippen molar-refractivity contribution in [2.45, 2.75) is 37.8 Å². The lowest BCUT2D eigenvalue weighted by molar-refractivity contribution is -0.141. The first-order chi connectivity index (χ1) is 10.7. The summed E-state index contributed by atoms with van der Waals surface area (Å²) in [6.45, 7) is 3.83. The first kappa shape index (κ1) is 16.0. The van der Waals surface area contributed by atoms with E-state index in [1.54, 1.807) is 6.07 Å². The number of thioether (sulfide) groups is 1. The van der Waals surface area contributed by atoms with Crippen molar-refractivity contribution >= 4 is 33.5 Å². The molecule has 3 rings (SSSR count). The third-order valence-corrected chi connectivity index (χ3v) is 4.41.